The summed E-state index contributed by atoms with van der Waals surface area (Å²) < 4.78 is 0. The Morgan fingerprint density at radius 3 is 3.00 bits per heavy atom. The van der Waals surface area contributed by atoms with Crippen molar-refractivity contribution < 1.29 is 9.90 Å². The number of rotatable bonds is 2. The van der Waals surface area contributed by atoms with Gasteiger partial charge < -0.3 is 5.11 Å². The number of carbonyl (C=O) groups is 1. The van der Waals surface area contributed by atoms with Crippen LogP contribution in [0.25, 0.3) is 0 Å². The Labute approximate surface area is 75.7 Å². The number of aliphatic carboxylic acids is 1. The summed E-state index contributed by atoms with van der Waals surface area (Å²) in [5.41, 5.74) is 2.05. The van der Waals surface area contributed by atoms with Crippen molar-refractivity contribution in [3.05, 3.63) is 35.4 Å². The van der Waals surface area contributed by atoms with Crippen molar-refractivity contribution in [1.29, 1.82) is 0 Å². The van der Waals surface area contributed by atoms with E-state index in [0.717, 1.165) is 11.1 Å². The van der Waals surface area contributed by atoms with Crippen LogP contribution in [0.3, 0.4) is 0 Å². The maximum Gasteiger partial charge on any atom is 0.305 e. The fourth-order valence-electron chi connectivity index (χ4n) is 1.51. The van der Waals surface area contributed by atoms with Gasteiger partial charge in [-0.15, -0.1) is 0 Å². The first-order valence-corrected chi connectivity index (χ1v) is 4.11. The molecule has 2 rings (SSSR count). The van der Waals surface area contributed by atoms with Gasteiger partial charge in [-0.1, -0.05) is 24.3 Å². The monoisotopic (exact) mass is 175 g/mol. The van der Waals surface area contributed by atoms with E-state index in [1.54, 1.807) is 6.21 Å². The van der Waals surface area contributed by atoms with Crippen molar-refractivity contribution in [3.63, 3.8) is 0 Å². The van der Waals surface area contributed by atoms with Crippen LogP contribution in [0.15, 0.2) is 29.3 Å². The Hall–Kier alpha value is -1.64. The van der Waals surface area contributed by atoms with Crippen LogP contribution >= 0.6 is 0 Å². The molecule has 0 saturated heterocycles. The number of hydrogen-bond acceptors (Lipinski definition) is 2. The number of carboxylic acid groups (broad SMARTS) is 1. The fraction of sp³-hybridized carbons (Fsp3) is 0.200. The highest BCUT2D eigenvalue weighted by Gasteiger charge is 2.20. The quantitative estimate of drug-likeness (QED) is 0.742. The van der Waals surface area contributed by atoms with Gasteiger partial charge in [0.1, 0.15) is 0 Å². The summed E-state index contributed by atoms with van der Waals surface area (Å²) in [6.45, 7) is 0. The molecule has 0 radical (unpaired) electrons. The largest absolute Gasteiger partial charge is 0.481 e. The Morgan fingerprint density at radius 1 is 1.46 bits per heavy atom. The minimum atomic E-state index is -0.807. The average molecular weight is 175 g/mol. The molecule has 13 heavy (non-hydrogen) atoms. The summed E-state index contributed by atoms with van der Waals surface area (Å²) in [6.07, 6.45) is 1.82. The van der Waals surface area contributed by atoms with Crippen LogP contribution < -0.4 is 0 Å². The predicted octanol–water partition coefficient (Wildman–Crippen LogP) is 1.63. The number of aliphatic imine (C=N–C) groups is 1. The third kappa shape index (κ3) is 1.45. The van der Waals surface area contributed by atoms with Gasteiger partial charge in [0.05, 0.1) is 12.5 Å². The van der Waals surface area contributed by atoms with Gasteiger partial charge in [-0.3, -0.25) is 9.79 Å². The van der Waals surface area contributed by atoms with E-state index in [9.17, 15) is 4.79 Å². The molecule has 0 unspecified atom stereocenters. The number of fused-ring (bicyclic) bond motifs is 1. The van der Waals surface area contributed by atoms with Crippen molar-refractivity contribution in [2.75, 3.05) is 0 Å². The number of hydrogen-bond donors (Lipinski definition) is 1. The van der Waals surface area contributed by atoms with Gasteiger partial charge >= 0.3 is 5.97 Å². The Balaban J connectivity index is 2.28. The second kappa shape index (κ2) is 3.01. The molecule has 0 amide bonds. The number of nitrogens with zero attached hydrogens (tertiary/aromatic N) is 1. The third-order valence-electron chi connectivity index (χ3n) is 2.12. The van der Waals surface area contributed by atoms with Gasteiger partial charge in [-0.05, 0) is 11.1 Å². The van der Waals surface area contributed by atoms with Crippen LogP contribution in [0.4, 0.5) is 0 Å². The molecule has 0 bridgehead atoms. The molecule has 3 nitrogen and oxygen atoms in total. The highest BCUT2D eigenvalue weighted by molar-refractivity contribution is 5.86. The number of benzene rings is 1. The molecule has 1 heterocycles. The SMILES string of the molecule is O=C(O)C[C@@H]1N=Cc2ccccc21. The van der Waals surface area contributed by atoms with E-state index >= 15 is 0 Å². The highest BCUT2D eigenvalue weighted by Crippen LogP contribution is 2.28. The molecular formula is C10H9NO2. The molecule has 1 aliphatic heterocycles. The molecule has 1 atom stereocenters. The van der Waals surface area contributed by atoms with E-state index in [4.69, 9.17) is 5.11 Å². The van der Waals surface area contributed by atoms with Crippen LogP contribution in [0.1, 0.15) is 23.6 Å². The van der Waals surface area contributed by atoms with Gasteiger partial charge in [-0.2, -0.15) is 0 Å². The molecule has 1 aromatic carbocycles. The maximum atomic E-state index is 10.5. The minimum absolute atomic E-state index is 0.0769. The van der Waals surface area contributed by atoms with E-state index in [2.05, 4.69) is 4.99 Å². The molecule has 0 fully saturated rings. The van der Waals surface area contributed by atoms with Crippen LogP contribution in [0.2, 0.25) is 0 Å². The Kier molecular flexibility index (Phi) is 1.85. The zero-order valence-corrected chi connectivity index (χ0v) is 6.97. The smallest absolute Gasteiger partial charge is 0.305 e. The molecule has 66 valence electrons. The van der Waals surface area contributed by atoms with Gasteiger partial charge in [-0.25, -0.2) is 0 Å². The lowest BCUT2D eigenvalue weighted by molar-refractivity contribution is -0.137. The Bertz CT molecular complexity index is 371. The summed E-state index contributed by atoms with van der Waals surface area (Å²) in [7, 11) is 0. The van der Waals surface area contributed by atoms with E-state index in [0.29, 0.717) is 0 Å². The van der Waals surface area contributed by atoms with Crippen molar-refractivity contribution in [2.45, 2.75) is 12.5 Å². The molecular weight excluding hydrogens is 166 g/mol. The molecule has 1 N–H and O–H groups in total. The van der Waals surface area contributed by atoms with Crippen LogP contribution in [0, 0.1) is 0 Å². The number of carboxylic acids is 1. The average Bonchev–Trinajstić information content (AvgIpc) is 2.48. The summed E-state index contributed by atoms with van der Waals surface area (Å²) in [5, 5.41) is 8.63. The highest BCUT2D eigenvalue weighted by atomic mass is 16.4. The van der Waals surface area contributed by atoms with Crippen molar-refractivity contribution in [2.24, 2.45) is 4.99 Å². The topological polar surface area (TPSA) is 49.7 Å². The summed E-state index contributed by atoms with van der Waals surface area (Å²) in [4.78, 5) is 14.6. The standard InChI is InChI=1S/C10H9NO2/c12-10(13)5-9-8-4-2-1-3-7(8)6-11-9/h1-4,6,9H,5H2,(H,12,13)/t9-/m0/s1. The van der Waals surface area contributed by atoms with Gasteiger partial charge in [0, 0.05) is 6.21 Å². The maximum absolute atomic E-state index is 10.5. The zero-order valence-electron chi connectivity index (χ0n) is 6.97. The van der Waals surface area contributed by atoms with Crippen LogP contribution in [-0.4, -0.2) is 17.3 Å². The fourth-order valence-corrected chi connectivity index (χ4v) is 1.51. The summed E-state index contributed by atoms with van der Waals surface area (Å²) >= 11 is 0. The van der Waals surface area contributed by atoms with Gasteiger partial charge in [0.15, 0.2) is 0 Å². The summed E-state index contributed by atoms with van der Waals surface area (Å²) in [6, 6.07) is 7.51. The molecule has 0 aliphatic carbocycles. The Morgan fingerprint density at radius 2 is 2.23 bits per heavy atom. The third-order valence-corrected chi connectivity index (χ3v) is 2.12. The lowest BCUT2D eigenvalue weighted by atomic mass is 10.0. The molecule has 0 aromatic heterocycles. The molecule has 1 aliphatic rings. The molecule has 0 saturated carbocycles. The lowest BCUT2D eigenvalue weighted by Crippen LogP contribution is -2.02. The van der Waals surface area contributed by atoms with Gasteiger partial charge in [0.2, 0.25) is 0 Å². The lowest BCUT2D eigenvalue weighted by Gasteiger charge is -2.05. The second-order valence-corrected chi connectivity index (χ2v) is 3.02. The first kappa shape index (κ1) is 7.98. The van der Waals surface area contributed by atoms with E-state index in [-0.39, 0.29) is 12.5 Å². The normalized spacial score (nSPS) is 18.6. The van der Waals surface area contributed by atoms with E-state index in [1.807, 2.05) is 24.3 Å². The van der Waals surface area contributed by atoms with Crippen LogP contribution in [0.5, 0.6) is 0 Å². The first-order chi connectivity index (χ1) is 6.27. The van der Waals surface area contributed by atoms with E-state index < -0.39 is 5.97 Å². The van der Waals surface area contributed by atoms with Gasteiger partial charge in [0.25, 0.3) is 0 Å². The van der Waals surface area contributed by atoms with E-state index in [1.165, 1.54) is 0 Å². The minimum Gasteiger partial charge on any atom is -0.481 e. The molecule has 1 aromatic rings. The van der Waals surface area contributed by atoms with Crippen molar-refractivity contribution >= 4 is 12.2 Å². The summed E-state index contributed by atoms with van der Waals surface area (Å²) in [5.74, 6) is -0.807. The molecule has 3 heteroatoms. The van der Waals surface area contributed by atoms with Crippen molar-refractivity contribution in [1.82, 2.24) is 0 Å². The second-order valence-electron chi connectivity index (χ2n) is 3.02. The van der Waals surface area contributed by atoms with Crippen molar-refractivity contribution in [3.8, 4) is 0 Å². The first-order valence-electron chi connectivity index (χ1n) is 4.11. The van der Waals surface area contributed by atoms with Crippen LogP contribution in [-0.2, 0) is 4.79 Å². The molecule has 0 spiro atoms. The predicted molar refractivity (Wildman–Crippen MR) is 49.0 cm³/mol. The zero-order chi connectivity index (χ0) is 9.26.